The summed E-state index contributed by atoms with van der Waals surface area (Å²) in [4.78, 5) is 0.193. The van der Waals surface area contributed by atoms with Crippen molar-refractivity contribution in [1.82, 2.24) is 0 Å². The second-order valence-electron chi connectivity index (χ2n) is 4.35. The van der Waals surface area contributed by atoms with E-state index in [1.807, 2.05) is 0 Å². The number of halogens is 3. The molecule has 0 radical (unpaired) electrons. The van der Waals surface area contributed by atoms with Gasteiger partial charge >= 0.3 is 5.51 Å². The van der Waals surface area contributed by atoms with Gasteiger partial charge in [0, 0.05) is 10.9 Å². The molecule has 0 unspecified atom stereocenters. The van der Waals surface area contributed by atoms with E-state index in [0.29, 0.717) is 5.92 Å². The molecule has 0 amide bonds. The van der Waals surface area contributed by atoms with Gasteiger partial charge in [-0.25, -0.2) is 0 Å². The molecule has 5 heteroatoms. The molecule has 0 aliphatic heterocycles. The third-order valence-corrected chi connectivity index (χ3v) is 3.01. The van der Waals surface area contributed by atoms with Crippen LogP contribution in [0, 0.1) is 5.92 Å². The highest BCUT2D eigenvalue weighted by molar-refractivity contribution is 8.00. The molecular formula is C12H16F3NS. The van der Waals surface area contributed by atoms with Crippen LogP contribution in [0.25, 0.3) is 0 Å². The minimum atomic E-state index is -4.23. The Balaban J connectivity index is 2.67. The van der Waals surface area contributed by atoms with Crippen molar-refractivity contribution < 1.29 is 13.2 Å². The molecule has 0 aliphatic rings. The molecule has 0 saturated carbocycles. The van der Waals surface area contributed by atoms with E-state index in [4.69, 9.17) is 5.73 Å². The molecule has 1 nitrogen and oxygen atoms in total. The van der Waals surface area contributed by atoms with Crippen LogP contribution in [0.2, 0.25) is 0 Å². The van der Waals surface area contributed by atoms with E-state index in [0.717, 1.165) is 12.0 Å². The summed E-state index contributed by atoms with van der Waals surface area (Å²) >= 11 is -0.106. The molecule has 96 valence electrons. The maximum absolute atomic E-state index is 12.1. The summed E-state index contributed by atoms with van der Waals surface area (Å²) in [6.07, 6.45) is 0.825. The average Bonchev–Trinajstić information content (AvgIpc) is 2.15. The number of nitrogens with two attached hydrogens (primary N) is 1. The van der Waals surface area contributed by atoms with Gasteiger partial charge in [0.1, 0.15) is 0 Å². The van der Waals surface area contributed by atoms with Crippen LogP contribution < -0.4 is 5.73 Å². The van der Waals surface area contributed by atoms with E-state index in [9.17, 15) is 13.2 Å². The molecule has 1 aromatic rings. The van der Waals surface area contributed by atoms with Crippen molar-refractivity contribution in [3.8, 4) is 0 Å². The van der Waals surface area contributed by atoms with Crippen molar-refractivity contribution in [2.24, 2.45) is 11.7 Å². The Morgan fingerprint density at radius 3 is 2.12 bits per heavy atom. The Hall–Kier alpha value is -0.680. The summed E-state index contributed by atoms with van der Waals surface area (Å²) < 4.78 is 36.3. The fourth-order valence-corrected chi connectivity index (χ4v) is 2.10. The first-order chi connectivity index (χ1) is 7.78. The molecule has 0 fully saturated rings. The molecule has 0 aromatic heterocycles. The predicted molar refractivity (Wildman–Crippen MR) is 64.7 cm³/mol. The van der Waals surface area contributed by atoms with Gasteiger partial charge in [-0.1, -0.05) is 26.0 Å². The van der Waals surface area contributed by atoms with Gasteiger partial charge < -0.3 is 5.73 Å². The molecule has 2 N–H and O–H groups in total. The summed E-state index contributed by atoms with van der Waals surface area (Å²) in [5.41, 5.74) is 2.59. The first-order valence-electron chi connectivity index (χ1n) is 5.39. The van der Waals surface area contributed by atoms with E-state index in [-0.39, 0.29) is 22.7 Å². The van der Waals surface area contributed by atoms with Crippen LogP contribution in [-0.2, 0) is 0 Å². The molecule has 0 heterocycles. The summed E-state index contributed by atoms with van der Waals surface area (Å²) in [6, 6.07) is 6.16. The highest BCUT2D eigenvalue weighted by Gasteiger charge is 2.29. The molecular weight excluding hydrogens is 247 g/mol. The molecule has 17 heavy (non-hydrogen) atoms. The van der Waals surface area contributed by atoms with Gasteiger partial charge in [0.25, 0.3) is 0 Å². The maximum Gasteiger partial charge on any atom is 0.446 e. The van der Waals surface area contributed by atoms with Gasteiger partial charge in [0.2, 0.25) is 0 Å². The minimum absolute atomic E-state index is 0.106. The Morgan fingerprint density at radius 2 is 1.71 bits per heavy atom. The van der Waals surface area contributed by atoms with Gasteiger partial charge in [-0.2, -0.15) is 13.2 Å². The Kier molecular flexibility index (Phi) is 4.89. The quantitative estimate of drug-likeness (QED) is 0.817. The van der Waals surface area contributed by atoms with Crippen LogP contribution >= 0.6 is 11.8 Å². The van der Waals surface area contributed by atoms with E-state index in [1.54, 1.807) is 12.1 Å². The SMILES string of the molecule is CC(C)C[C@H](N)c1ccc(SC(F)(F)F)cc1. The largest absolute Gasteiger partial charge is 0.446 e. The summed E-state index contributed by atoms with van der Waals surface area (Å²) in [7, 11) is 0. The van der Waals surface area contributed by atoms with Gasteiger partial charge in [-0.3, -0.25) is 0 Å². The van der Waals surface area contributed by atoms with Gasteiger partial charge in [-0.15, -0.1) is 0 Å². The fraction of sp³-hybridized carbons (Fsp3) is 0.500. The number of rotatable bonds is 4. The zero-order valence-electron chi connectivity index (χ0n) is 9.79. The van der Waals surface area contributed by atoms with Crippen LogP contribution in [0.1, 0.15) is 31.9 Å². The van der Waals surface area contributed by atoms with E-state index in [1.165, 1.54) is 12.1 Å². The number of alkyl halides is 3. The predicted octanol–water partition coefficient (Wildman–Crippen LogP) is 4.34. The highest BCUT2D eigenvalue weighted by Crippen LogP contribution is 2.37. The number of hydrogen-bond donors (Lipinski definition) is 1. The molecule has 0 saturated heterocycles. The lowest BCUT2D eigenvalue weighted by atomic mass is 9.98. The van der Waals surface area contributed by atoms with Gasteiger partial charge in [0.15, 0.2) is 0 Å². The van der Waals surface area contributed by atoms with Crippen molar-refractivity contribution in [2.45, 2.75) is 36.7 Å². The van der Waals surface area contributed by atoms with Crippen LogP contribution in [0.15, 0.2) is 29.2 Å². The standard InChI is InChI=1S/C12H16F3NS/c1-8(2)7-11(16)9-3-5-10(6-4-9)17-12(13,14)15/h3-6,8,11H,7,16H2,1-2H3/t11-/m0/s1. The summed E-state index contributed by atoms with van der Waals surface area (Å²) in [5.74, 6) is 0.467. The van der Waals surface area contributed by atoms with Crippen molar-refractivity contribution in [3.63, 3.8) is 0 Å². The monoisotopic (exact) mass is 263 g/mol. The average molecular weight is 263 g/mol. The Labute approximate surface area is 104 Å². The molecule has 1 rings (SSSR count). The van der Waals surface area contributed by atoms with Gasteiger partial charge in [-0.05, 0) is 41.8 Å². The summed E-state index contributed by atoms with van der Waals surface area (Å²) in [5, 5.41) is 0. The van der Waals surface area contributed by atoms with Crippen LogP contribution in [0.4, 0.5) is 13.2 Å². The maximum atomic E-state index is 12.1. The van der Waals surface area contributed by atoms with Crippen molar-refractivity contribution in [1.29, 1.82) is 0 Å². The van der Waals surface area contributed by atoms with Crippen molar-refractivity contribution >= 4 is 11.8 Å². The molecule has 0 spiro atoms. The molecule has 0 aliphatic carbocycles. The molecule has 0 bridgehead atoms. The third-order valence-electron chi connectivity index (χ3n) is 2.27. The van der Waals surface area contributed by atoms with Gasteiger partial charge in [0.05, 0.1) is 0 Å². The Morgan fingerprint density at radius 1 is 1.18 bits per heavy atom. The lowest BCUT2D eigenvalue weighted by Gasteiger charge is -2.15. The second-order valence-corrected chi connectivity index (χ2v) is 5.49. The Bertz CT molecular complexity index is 346. The molecule has 1 aromatic carbocycles. The summed E-state index contributed by atoms with van der Waals surface area (Å²) in [6.45, 7) is 4.13. The van der Waals surface area contributed by atoms with Crippen LogP contribution in [0.5, 0.6) is 0 Å². The number of thioether (sulfide) groups is 1. The molecule has 1 atom stereocenters. The van der Waals surface area contributed by atoms with E-state index >= 15 is 0 Å². The topological polar surface area (TPSA) is 26.0 Å². The van der Waals surface area contributed by atoms with E-state index in [2.05, 4.69) is 13.8 Å². The normalized spacial score (nSPS) is 14.1. The minimum Gasteiger partial charge on any atom is -0.324 e. The second kappa shape index (κ2) is 5.78. The van der Waals surface area contributed by atoms with Crippen molar-refractivity contribution in [3.05, 3.63) is 29.8 Å². The first-order valence-corrected chi connectivity index (χ1v) is 6.21. The first kappa shape index (κ1) is 14.4. The number of hydrogen-bond acceptors (Lipinski definition) is 2. The third kappa shape index (κ3) is 5.46. The lowest BCUT2D eigenvalue weighted by Crippen LogP contribution is -2.12. The van der Waals surface area contributed by atoms with Crippen molar-refractivity contribution in [2.75, 3.05) is 0 Å². The lowest BCUT2D eigenvalue weighted by molar-refractivity contribution is -0.0328. The van der Waals surface area contributed by atoms with Crippen LogP contribution in [-0.4, -0.2) is 5.51 Å². The smallest absolute Gasteiger partial charge is 0.324 e. The zero-order valence-corrected chi connectivity index (χ0v) is 10.6. The van der Waals surface area contributed by atoms with Crippen LogP contribution in [0.3, 0.4) is 0 Å². The highest BCUT2D eigenvalue weighted by atomic mass is 32.2. The van der Waals surface area contributed by atoms with E-state index < -0.39 is 5.51 Å². The fourth-order valence-electron chi connectivity index (χ4n) is 1.56. The number of benzene rings is 1. The zero-order chi connectivity index (χ0) is 13.1.